The van der Waals surface area contributed by atoms with E-state index in [-0.39, 0.29) is 11.8 Å². The van der Waals surface area contributed by atoms with Crippen LogP contribution in [0.15, 0.2) is 60.7 Å². The van der Waals surface area contributed by atoms with E-state index in [1.165, 1.54) is 0 Å². The van der Waals surface area contributed by atoms with Gasteiger partial charge in [0.15, 0.2) is 0 Å². The number of aliphatic hydroxyl groups is 1. The summed E-state index contributed by atoms with van der Waals surface area (Å²) < 4.78 is 6.32. The fraction of sp³-hybridized carbons (Fsp3) is 0.345. The smallest absolute Gasteiger partial charge is 0.127 e. The van der Waals surface area contributed by atoms with Gasteiger partial charge in [-0.15, -0.1) is 0 Å². The van der Waals surface area contributed by atoms with Gasteiger partial charge in [-0.1, -0.05) is 88.4 Å². The van der Waals surface area contributed by atoms with Gasteiger partial charge in [-0.3, -0.25) is 4.98 Å². The van der Waals surface area contributed by atoms with Gasteiger partial charge >= 0.3 is 0 Å². The zero-order valence-electron chi connectivity index (χ0n) is 20.1. The van der Waals surface area contributed by atoms with Crippen molar-refractivity contribution >= 4 is 6.08 Å². The number of hydrogen-bond acceptors (Lipinski definition) is 3. The molecule has 0 saturated heterocycles. The second kappa shape index (κ2) is 10.6. The van der Waals surface area contributed by atoms with Crippen LogP contribution in [-0.2, 0) is 6.61 Å². The molecular formula is C29H35NO2. The van der Waals surface area contributed by atoms with Crippen molar-refractivity contribution in [3.05, 3.63) is 88.8 Å². The molecule has 1 atom stereocenters. The third-order valence-corrected chi connectivity index (χ3v) is 5.57. The minimum atomic E-state index is -0.651. The van der Waals surface area contributed by atoms with Crippen molar-refractivity contribution in [1.29, 1.82) is 0 Å². The molecule has 0 amide bonds. The lowest BCUT2D eigenvalue weighted by molar-refractivity contribution is 0.197. The summed E-state index contributed by atoms with van der Waals surface area (Å²) >= 11 is 0. The number of pyridine rings is 1. The summed E-state index contributed by atoms with van der Waals surface area (Å²) in [6.45, 7) is 12.9. The number of aliphatic hydroxyl groups excluding tert-OH is 1. The molecule has 3 aromatic rings. The Labute approximate surface area is 192 Å². The molecule has 3 rings (SSSR count). The minimum absolute atomic E-state index is 0.188. The van der Waals surface area contributed by atoms with Gasteiger partial charge in [0.2, 0.25) is 0 Å². The highest BCUT2D eigenvalue weighted by Gasteiger charge is 2.26. The van der Waals surface area contributed by atoms with E-state index >= 15 is 0 Å². The Morgan fingerprint density at radius 3 is 2.09 bits per heavy atom. The molecular weight excluding hydrogens is 394 g/mol. The van der Waals surface area contributed by atoms with Crippen molar-refractivity contribution in [2.75, 3.05) is 0 Å². The van der Waals surface area contributed by atoms with Crippen LogP contribution in [0.25, 0.3) is 17.2 Å². The Morgan fingerprint density at radius 1 is 0.875 bits per heavy atom. The lowest BCUT2D eigenvalue weighted by Gasteiger charge is -2.26. The molecule has 0 radical (unpaired) electrons. The zero-order chi connectivity index (χ0) is 23.3. The van der Waals surface area contributed by atoms with Gasteiger partial charge < -0.3 is 9.84 Å². The highest BCUT2D eigenvalue weighted by Crippen LogP contribution is 2.43. The lowest BCUT2D eigenvalue weighted by atomic mass is 9.85. The van der Waals surface area contributed by atoms with Crippen LogP contribution in [0, 0.1) is 0 Å². The number of benzene rings is 2. The molecule has 168 valence electrons. The van der Waals surface area contributed by atoms with Crippen molar-refractivity contribution < 1.29 is 9.84 Å². The first-order valence-corrected chi connectivity index (χ1v) is 11.5. The molecule has 1 aromatic heterocycles. The van der Waals surface area contributed by atoms with E-state index in [1.807, 2.05) is 56.3 Å². The first-order valence-electron chi connectivity index (χ1n) is 11.5. The summed E-state index contributed by atoms with van der Waals surface area (Å²) in [6.07, 6.45) is 3.50. The molecule has 1 N–H and O–H groups in total. The van der Waals surface area contributed by atoms with Gasteiger partial charge in [0.25, 0.3) is 0 Å². The first-order chi connectivity index (χ1) is 15.3. The lowest BCUT2D eigenvalue weighted by Crippen LogP contribution is -2.12. The van der Waals surface area contributed by atoms with Crippen LogP contribution in [0.3, 0.4) is 0 Å². The third kappa shape index (κ3) is 5.11. The predicted octanol–water partition coefficient (Wildman–Crippen LogP) is 7.66. The van der Waals surface area contributed by atoms with Crippen LogP contribution < -0.4 is 4.74 Å². The Bertz CT molecular complexity index is 1070. The number of hydrogen-bond donors (Lipinski definition) is 1. The van der Waals surface area contributed by atoms with Gasteiger partial charge in [-0.05, 0) is 37.3 Å². The summed E-state index contributed by atoms with van der Waals surface area (Å²) in [4.78, 5) is 5.07. The molecule has 1 heterocycles. The van der Waals surface area contributed by atoms with Crippen molar-refractivity contribution in [1.82, 2.24) is 4.98 Å². The normalized spacial score (nSPS) is 12.7. The maximum absolute atomic E-state index is 10.9. The van der Waals surface area contributed by atoms with Crippen LogP contribution in [-0.4, -0.2) is 10.1 Å². The van der Waals surface area contributed by atoms with Gasteiger partial charge in [0, 0.05) is 27.9 Å². The van der Waals surface area contributed by atoms with E-state index in [1.54, 1.807) is 0 Å². The average Bonchev–Trinajstić information content (AvgIpc) is 2.78. The SMILES string of the molecule is C/C=C\c1c(C(C)C)nc(C(C)C)c(C(C)O)c1-c1ccccc1OCc1ccccc1. The standard InChI is InChI=1S/C29H35NO2/c1-7-13-24-27(26(21(6)31)29(20(4)5)30-28(24)19(2)3)23-16-11-12-17-25(23)32-18-22-14-9-8-10-15-22/h7-17,19-21,31H,18H2,1-6H3/b13-7-. The number of para-hydroxylation sites is 1. The maximum atomic E-state index is 10.9. The predicted molar refractivity (Wildman–Crippen MR) is 134 cm³/mol. The Hall–Kier alpha value is -2.91. The molecule has 32 heavy (non-hydrogen) atoms. The van der Waals surface area contributed by atoms with Crippen LogP contribution in [0.1, 0.15) is 87.6 Å². The molecule has 3 nitrogen and oxygen atoms in total. The highest BCUT2D eigenvalue weighted by atomic mass is 16.5. The Morgan fingerprint density at radius 2 is 1.50 bits per heavy atom. The van der Waals surface area contributed by atoms with Crippen LogP contribution in [0.5, 0.6) is 5.75 Å². The topological polar surface area (TPSA) is 42.4 Å². The molecule has 1 unspecified atom stereocenters. The van der Waals surface area contributed by atoms with Crippen molar-refractivity contribution in [2.45, 2.75) is 66.1 Å². The van der Waals surface area contributed by atoms with E-state index in [4.69, 9.17) is 9.72 Å². The zero-order valence-corrected chi connectivity index (χ0v) is 20.1. The molecule has 3 heteroatoms. The van der Waals surface area contributed by atoms with Gasteiger partial charge in [0.05, 0.1) is 11.8 Å². The fourth-order valence-electron chi connectivity index (χ4n) is 4.11. The van der Waals surface area contributed by atoms with E-state index in [0.29, 0.717) is 6.61 Å². The van der Waals surface area contributed by atoms with Crippen LogP contribution in [0.2, 0.25) is 0 Å². The molecule has 0 aliphatic heterocycles. The monoisotopic (exact) mass is 429 g/mol. The van der Waals surface area contributed by atoms with Crippen molar-refractivity contribution in [3.8, 4) is 16.9 Å². The average molecular weight is 430 g/mol. The summed E-state index contributed by atoms with van der Waals surface area (Å²) in [7, 11) is 0. The number of ether oxygens (including phenoxy) is 1. The summed E-state index contributed by atoms with van der Waals surface area (Å²) in [5.41, 5.74) is 7.05. The Kier molecular flexibility index (Phi) is 7.87. The molecule has 0 spiro atoms. The second-order valence-electron chi connectivity index (χ2n) is 8.84. The van der Waals surface area contributed by atoms with Crippen molar-refractivity contribution in [3.63, 3.8) is 0 Å². The molecule has 0 saturated carbocycles. The molecule has 0 bridgehead atoms. The first kappa shape index (κ1) is 23.7. The molecule has 0 aliphatic carbocycles. The van der Waals surface area contributed by atoms with Gasteiger partial charge in [-0.25, -0.2) is 0 Å². The summed E-state index contributed by atoms with van der Waals surface area (Å²) in [5.74, 6) is 1.24. The maximum Gasteiger partial charge on any atom is 0.127 e. The quantitative estimate of drug-likeness (QED) is 0.399. The minimum Gasteiger partial charge on any atom is -0.488 e. The molecule has 0 fully saturated rings. The summed E-state index contributed by atoms with van der Waals surface area (Å²) in [5, 5.41) is 10.9. The van der Waals surface area contributed by atoms with Gasteiger partial charge in [0.1, 0.15) is 12.4 Å². The van der Waals surface area contributed by atoms with E-state index in [0.717, 1.165) is 45.0 Å². The van der Waals surface area contributed by atoms with E-state index < -0.39 is 6.10 Å². The molecule has 0 aliphatic rings. The number of nitrogens with zero attached hydrogens (tertiary/aromatic N) is 1. The van der Waals surface area contributed by atoms with E-state index in [9.17, 15) is 5.11 Å². The fourth-order valence-corrected chi connectivity index (χ4v) is 4.11. The number of allylic oxidation sites excluding steroid dienone is 1. The van der Waals surface area contributed by atoms with E-state index in [2.05, 4.69) is 52.0 Å². The molecule has 2 aromatic carbocycles. The summed E-state index contributed by atoms with van der Waals surface area (Å²) in [6, 6.07) is 18.3. The third-order valence-electron chi connectivity index (χ3n) is 5.57. The van der Waals surface area contributed by atoms with Crippen molar-refractivity contribution in [2.24, 2.45) is 0 Å². The van der Waals surface area contributed by atoms with Gasteiger partial charge in [-0.2, -0.15) is 0 Å². The number of rotatable bonds is 8. The van der Waals surface area contributed by atoms with Crippen LogP contribution >= 0.6 is 0 Å². The van der Waals surface area contributed by atoms with Crippen LogP contribution in [0.4, 0.5) is 0 Å². The second-order valence-corrected chi connectivity index (χ2v) is 8.84. The Balaban J connectivity index is 2.28. The number of aromatic nitrogens is 1. The largest absolute Gasteiger partial charge is 0.488 e. The highest BCUT2D eigenvalue weighted by molar-refractivity contribution is 5.84.